The second-order valence-corrected chi connectivity index (χ2v) is 8.35. The molecule has 0 spiro atoms. The molecule has 2 aromatic heterocycles. The molecule has 0 bridgehead atoms. The molecule has 7 nitrogen and oxygen atoms in total. The van der Waals surface area contributed by atoms with Crippen LogP contribution >= 0.6 is 11.3 Å². The summed E-state index contributed by atoms with van der Waals surface area (Å²) < 4.78 is 12.6. The van der Waals surface area contributed by atoms with Gasteiger partial charge in [0.2, 0.25) is 11.7 Å². The number of hydrogen-bond acceptors (Lipinski definition) is 6. The molecule has 0 unspecified atom stereocenters. The summed E-state index contributed by atoms with van der Waals surface area (Å²) in [5.74, 6) is -1.16. The SMILES string of the molecule is COC[C@@H](C)n1c(C)cc(C(=O)COC(=O)c2c(NC(C)=O)sc(C)c2C)c1C. The largest absolute Gasteiger partial charge is 0.454 e. The van der Waals surface area contributed by atoms with E-state index in [2.05, 4.69) is 5.32 Å². The van der Waals surface area contributed by atoms with Crippen LogP contribution in [0.2, 0.25) is 0 Å². The Morgan fingerprint density at radius 3 is 2.45 bits per heavy atom. The molecule has 29 heavy (non-hydrogen) atoms. The second kappa shape index (κ2) is 9.37. The summed E-state index contributed by atoms with van der Waals surface area (Å²) in [5.41, 5.74) is 3.32. The van der Waals surface area contributed by atoms with Gasteiger partial charge in [0.15, 0.2) is 6.61 Å². The first-order valence-corrected chi connectivity index (χ1v) is 10.1. The molecule has 2 aromatic rings. The topological polar surface area (TPSA) is 86.6 Å². The number of aromatic nitrogens is 1. The number of ether oxygens (including phenoxy) is 2. The van der Waals surface area contributed by atoms with Crippen molar-refractivity contribution in [3.63, 3.8) is 0 Å². The van der Waals surface area contributed by atoms with Crippen molar-refractivity contribution in [2.75, 3.05) is 25.6 Å². The molecule has 0 aliphatic carbocycles. The highest BCUT2D eigenvalue weighted by Crippen LogP contribution is 2.33. The van der Waals surface area contributed by atoms with Crippen LogP contribution in [0.4, 0.5) is 5.00 Å². The number of nitrogens with zero attached hydrogens (tertiary/aromatic N) is 1. The number of methoxy groups -OCH3 is 1. The maximum atomic E-state index is 12.7. The number of Topliss-reactive ketones (excluding diaryl/α,β-unsaturated/α-hetero) is 1. The number of thiophene rings is 1. The van der Waals surface area contributed by atoms with E-state index in [1.807, 2.05) is 32.3 Å². The number of ketones is 1. The molecule has 0 saturated carbocycles. The van der Waals surface area contributed by atoms with Crippen molar-refractivity contribution in [1.29, 1.82) is 0 Å². The van der Waals surface area contributed by atoms with E-state index in [9.17, 15) is 14.4 Å². The van der Waals surface area contributed by atoms with Gasteiger partial charge in [-0.1, -0.05) is 0 Å². The number of nitrogens with one attached hydrogen (secondary N) is 1. The summed E-state index contributed by atoms with van der Waals surface area (Å²) in [6, 6.07) is 1.89. The minimum atomic E-state index is -0.620. The summed E-state index contributed by atoms with van der Waals surface area (Å²) in [6.07, 6.45) is 0. The van der Waals surface area contributed by atoms with Gasteiger partial charge in [-0.3, -0.25) is 9.59 Å². The fourth-order valence-corrected chi connectivity index (χ4v) is 4.55. The number of rotatable bonds is 8. The van der Waals surface area contributed by atoms with Gasteiger partial charge in [0.1, 0.15) is 5.00 Å². The second-order valence-electron chi connectivity index (χ2n) is 7.13. The molecule has 2 heterocycles. The van der Waals surface area contributed by atoms with Crippen molar-refractivity contribution in [3.05, 3.63) is 39.0 Å². The molecule has 0 aliphatic rings. The Labute approximate surface area is 175 Å². The molecule has 1 amide bonds. The van der Waals surface area contributed by atoms with E-state index in [1.165, 1.54) is 18.3 Å². The van der Waals surface area contributed by atoms with Gasteiger partial charge in [-0.25, -0.2) is 4.79 Å². The highest BCUT2D eigenvalue weighted by molar-refractivity contribution is 7.16. The van der Waals surface area contributed by atoms with Crippen LogP contribution in [0.1, 0.15) is 62.4 Å². The molecule has 0 aliphatic heterocycles. The summed E-state index contributed by atoms with van der Waals surface area (Å²) in [7, 11) is 1.64. The lowest BCUT2D eigenvalue weighted by Gasteiger charge is -2.17. The number of carbonyl (C=O) groups excluding carboxylic acids is 3. The highest BCUT2D eigenvalue weighted by atomic mass is 32.1. The van der Waals surface area contributed by atoms with E-state index in [0.29, 0.717) is 22.7 Å². The molecular formula is C21H28N2O5S. The third-order valence-electron chi connectivity index (χ3n) is 4.85. The molecule has 1 atom stereocenters. The van der Waals surface area contributed by atoms with Crippen LogP contribution in [0, 0.1) is 27.7 Å². The zero-order valence-corrected chi connectivity index (χ0v) is 18.8. The average molecular weight is 421 g/mol. The fourth-order valence-electron chi connectivity index (χ4n) is 3.46. The maximum Gasteiger partial charge on any atom is 0.341 e. The predicted octanol–water partition coefficient (Wildman–Crippen LogP) is 3.99. The predicted molar refractivity (Wildman–Crippen MR) is 113 cm³/mol. The molecule has 0 radical (unpaired) electrons. The Morgan fingerprint density at radius 1 is 1.21 bits per heavy atom. The highest BCUT2D eigenvalue weighted by Gasteiger charge is 2.24. The van der Waals surface area contributed by atoms with Gasteiger partial charge < -0.3 is 19.4 Å². The Morgan fingerprint density at radius 2 is 1.86 bits per heavy atom. The van der Waals surface area contributed by atoms with Crippen molar-refractivity contribution in [2.45, 2.75) is 47.6 Å². The quantitative estimate of drug-likeness (QED) is 0.515. The van der Waals surface area contributed by atoms with Gasteiger partial charge in [-0.2, -0.15) is 0 Å². The molecule has 0 fully saturated rings. The minimum Gasteiger partial charge on any atom is -0.454 e. The summed E-state index contributed by atoms with van der Waals surface area (Å²) in [6.45, 7) is 11.0. The summed E-state index contributed by atoms with van der Waals surface area (Å²) >= 11 is 1.31. The van der Waals surface area contributed by atoms with Crippen LogP contribution in [0.15, 0.2) is 6.07 Å². The number of hydrogen-bond donors (Lipinski definition) is 1. The molecule has 2 rings (SSSR count). The number of esters is 1. The van der Waals surface area contributed by atoms with Crippen molar-refractivity contribution in [2.24, 2.45) is 0 Å². The number of aryl methyl sites for hydroxylation is 2. The molecular weight excluding hydrogens is 392 g/mol. The van der Waals surface area contributed by atoms with Crippen LogP contribution in [-0.4, -0.2) is 42.6 Å². The smallest absolute Gasteiger partial charge is 0.341 e. The van der Waals surface area contributed by atoms with Gasteiger partial charge in [-0.15, -0.1) is 11.3 Å². The van der Waals surface area contributed by atoms with E-state index in [-0.39, 0.29) is 24.3 Å². The van der Waals surface area contributed by atoms with Crippen molar-refractivity contribution in [1.82, 2.24) is 4.57 Å². The fraction of sp³-hybridized carbons (Fsp3) is 0.476. The maximum absolute atomic E-state index is 12.7. The molecule has 8 heteroatoms. The van der Waals surface area contributed by atoms with E-state index in [4.69, 9.17) is 9.47 Å². The van der Waals surface area contributed by atoms with Gasteiger partial charge in [-0.05, 0) is 46.2 Å². The molecule has 0 aromatic carbocycles. The van der Waals surface area contributed by atoms with E-state index >= 15 is 0 Å². The first kappa shape index (κ1) is 22.8. The number of carbonyl (C=O) groups is 3. The van der Waals surface area contributed by atoms with E-state index in [0.717, 1.165) is 21.8 Å². The van der Waals surface area contributed by atoms with Crippen molar-refractivity contribution >= 4 is 34.0 Å². The molecule has 158 valence electrons. The third-order valence-corrected chi connectivity index (χ3v) is 5.97. The Hall–Kier alpha value is -2.45. The first-order chi connectivity index (χ1) is 13.6. The molecule has 1 N–H and O–H groups in total. The lowest BCUT2D eigenvalue weighted by atomic mass is 10.1. The summed E-state index contributed by atoms with van der Waals surface area (Å²) in [5, 5.41) is 3.10. The minimum absolute atomic E-state index is 0.0840. The van der Waals surface area contributed by atoms with Crippen LogP contribution < -0.4 is 5.32 Å². The molecule has 0 saturated heterocycles. The van der Waals surface area contributed by atoms with E-state index < -0.39 is 5.97 Å². The van der Waals surface area contributed by atoms with Crippen molar-refractivity contribution in [3.8, 4) is 0 Å². The first-order valence-electron chi connectivity index (χ1n) is 9.33. The van der Waals surface area contributed by atoms with Gasteiger partial charge in [0.05, 0.1) is 18.2 Å². The lowest BCUT2D eigenvalue weighted by Crippen LogP contribution is -2.18. The average Bonchev–Trinajstić information content (AvgIpc) is 3.07. The Kier molecular flexibility index (Phi) is 7.37. The lowest BCUT2D eigenvalue weighted by molar-refractivity contribution is -0.114. The van der Waals surface area contributed by atoms with Crippen LogP contribution in [0.3, 0.4) is 0 Å². The van der Waals surface area contributed by atoms with Gasteiger partial charge in [0.25, 0.3) is 0 Å². The summed E-state index contributed by atoms with van der Waals surface area (Å²) in [4.78, 5) is 37.7. The van der Waals surface area contributed by atoms with Crippen LogP contribution in [0.5, 0.6) is 0 Å². The van der Waals surface area contributed by atoms with Crippen LogP contribution in [-0.2, 0) is 14.3 Å². The van der Waals surface area contributed by atoms with Gasteiger partial charge in [0, 0.05) is 35.9 Å². The van der Waals surface area contributed by atoms with E-state index in [1.54, 1.807) is 20.1 Å². The zero-order valence-electron chi connectivity index (χ0n) is 18.0. The third kappa shape index (κ3) is 4.94. The van der Waals surface area contributed by atoms with Gasteiger partial charge >= 0.3 is 5.97 Å². The normalized spacial score (nSPS) is 12.0. The number of anilines is 1. The monoisotopic (exact) mass is 420 g/mol. The van der Waals surface area contributed by atoms with Crippen molar-refractivity contribution < 1.29 is 23.9 Å². The zero-order chi connectivity index (χ0) is 21.9. The van der Waals surface area contributed by atoms with Crippen LogP contribution in [0.25, 0.3) is 0 Å². The standard InChI is InChI=1S/C21H28N2O5S/c1-11-8-17(14(4)23(11)12(2)9-27-7)18(25)10-28-21(26)19-13(3)15(5)29-20(19)22-16(6)24/h8,12H,9-10H2,1-7H3,(H,22,24)/t12-/m1/s1. The Balaban J connectivity index is 2.17. The Bertz CT molecular complexity index is 942. The number of amides is 1.